The van der Waals surface area contributed by atoms with E-state index in [4.69, 9.17) is 13.3 Å². The summed E-state index contributed by atoms with van der Waals surface area (Å²) in [5.74, 6) is 0. The van der Waals surface area contributed by atoms with Crippen LogP contribution in [0.1, 0.15) is 25.7 Å². The summed E-state index contributed by atoms with van der Waals surface area (Å²) in [7, 11) is 3.05. The topological polar surface area (TPSA) is 39.7 Å². The van der Waals surface area contributed by atoms with Crippen LogP contribution in [0.2, 0.25) is 0 Å². The molecule has 1 rings (SSSR count). The van der Waals surface area contributed by atoms with Gasteiger partial charge in [-0.2, -0.15) is 0 Å². The third-order valence-electron chi connectivity index (χ3n) is 2.03. The Morgan fingerprint density at radius 1 is 0.786 bits per heavy atom. The molecule has 0 aromatic rings. The number of nitrogens with one attached hydrogen (secondary N) is 1. The fourth-order valence-corrected chi connectivity index (χ4v) is 1.84. The number of hydrogen-bond acceptors (Lipinski definition) is 4. The maximum Gasteiger partial charge on any atom is 0.483 e. The minimum atomic E-state index is -1.67. The van der Waals surface area contributed by atoms with Gasteiger partial charge in [-0.05, 0) is 25.9 Å². The van der Waals surface area contributed by atoms with Crippen LogP contribution in [-0.2, 0) is 13.3 Å². The van der Waals surface area contributed by atoms with Gasteiger partial charge in [0, 0.05) is 21.3 Å². The maximum absolute atomic E-state index is 4.74. The second kappa shape index (κ2) is 11.1. The molecule has 0 spiro atoms. The summed E-state index contributed by atoms with van der Waals surface area (Å²) in [4.78, 5) is 0. The van der Waals surface area contributed by atoms with Gasteiger partial charge in [0.05, 0.1) is 0 Å². The summed E-state index contributed by atoms with van der Waals surface area (Å²) in [5, 5.41) is 3.35. The quantitative estimate of drug-likeness (QED) is 0.715. The molecule has 0 unspecified atom stereocenters. The fraction of sp³-hybridized carbons (Fsp3) is 1.00. The first kappa shape index (κ1) is 14.1. The molecule has 1 fully saturated rings. The average molecular weight is 221 g/mol. The highest BCUT2D eigenvalue weighted by Gasteiger charge is 2.04. The van der Waals surface area contributed by atoms with Gasteiger partial charge in [-0.15, -0.1) is 0 Å². The predicted molar refractivity (Wildman–Crippen MR) is 59.5 cm³/mol. The molecule has 86 valence electrons. The van der Waals surface area contributed by atoms with Crippen LogP contribution < -0.4 is 5.32 Å². The molecule has 1 N–H and O–H groups in total. The van der Waals surface area contributed by atoms with Crippen molar-refractivity contribution in [1.82, 2.24) is 5.32 Å². The molecule has 0 amide bonds. The highest BCUT2D eigenvalue weighted by Crippen LogP contribution is 2.00. The molecule has 1 aliphatic rings. The Kier molecular flexibility index (Phi) is 11.2. The first-order valence-electron chi connectivity index (χ1n) is 5.14. The van der Waals surface area contributed by atoms with Crippen LogP contribution in [-0.4, -0.2) is 43.9 Å². The van der Waals surface area contributed by atoms with Crippen LogP contribution in [0.25, 0.3) is 0 Å². The zero-order chi connectivity index (χ0) is 10.6. The smallest absolute Gasteiger partial charge is 0.379 e. The molecule has 0 saturated carbocycles. The summed E-state index contributed by atoms with van der Waals surface area (Å²) < 4.78 is 14.2. The zero-order valence-electron chi connectivity index (χ0n) is 9.54. The van der Waals surface area contributed by atoms with Crippen LogP contribution in [0.5, 0.6) is 0 Å². The third-order valence-corrected chi connectivity index (χ3v) is 3.19. The molecule has 1 aliphatic heterocycles. The van der Waals surface area contributed by atoms with Gasteiger partial charge in [0.2, 0.25) is 0 Å². The van der Waals surface area contributed by atoms with E-state index in [-0.39, 0.29) is 0 Å². The molecule has 1 saturated heterocycles. The Morgan fingerprint density at radius 2 is 1.21 bits per heavy atom. The van der Waals surface area contributed by atoms with Crippen molar-refractivity contribution in [3.05, 3.63) is 0 Å². The van der Waals surface area contributed by atoms with Crippen molar-refractivity contribution in [2.75, 3.05) is 34.4 Å². The van der Waals surface area contributed by atoms with Gasteiger partial charge in [0.15, 0.2) is 0 Å². The van der Waals surface area contributed by atoms with Gasteiger partial charge in [-0.3, -0.25) is 0 Å². The van der Waals surface area contributed by atoms with Gasteiger partial charge in [-0.1, -0.05) is 12.8 Å². The lowest BCUT2D eigenvalue weighted by atomic mass is 10.2. The molecule has 0 aromatic carbocycles. The second-order valence-electron chi connectivity index (χ2n) is 3.16. The highest BCUT2D eigenvalue weighted by molar-refractivity contribution is 6.36. The Morgan fingerprint density at radius 3 is 1.50 bits per heavy atom. The molecule has 0 bridgehead atoms. The molecule has 0 radical (unpaired) electrons. The van der Waals surface area contributed by atoms with Crippen molar-refractivity contribution in [2.45, 2.75) is 25.7 Å². The van der Waals surface area contributed by atoms with Gasteiger partial charge < -0.3 is 18.6 Å². The molecule has 14 heavy (non-hydrogen) atoms. The van der Waals surface area contributed by atoms with Gasteiger partial charge in [-0.25, -0.2) is 0 Å². The van der Waals surface area contributed by atoms with E-state index in [1.54, 1.807) is 21.3 Å². The number of hydrogen-bond donors (Lipinski definition) is 1. The monoisotopic (exact) mass is 221 g/mol. The van der Waals surface area contributed by atoms with Crippen LogP contribution in [0.4, 0.5) is 0 Å². The van der Waals surface area contributed by atoms with Crippen LogP contribution in [0, 0.1) is 0 Å². The standard InChI is InChI=1S/C6H13N.C3H10O3Si/c1-2-4-6-7-5-3-1;1-4-7(5-2)6-3/h7H,1-6H2;7H,1-3H3. The van der Waals surface area contributed by atoms with Crippen molar-refractivity contribution in [3.63, 3.8) is 0 Å². The number of rotatable bonds is 3. The maximum atomic E-state index is 4.74. The lowest BCUT2D eigenvalue weighted by molar-refractivity contribution is 0.163. The van der Waals surface area contributed by atoms with Gasteiger partial charge >= 0.3 is 9.53 Å². The molecular weight excluding hydrogens is 198 g/mol. The van der Waals surface area contributed by atoms with Gasteiger partial charge in [0.25, 0.3) is 0 Å². The third kappa shape index (κ3) is 8.65. The largest absolute Gasteiger partial charge is 0.483 e. The minimum Gasteiger partial charge on any atom is -0.379 e. The molecule has 4 nitrogen and oxygen atoms in total. The summed E-state index contributed by atoms with van der Waals surface area (Å²) in [6.45, 7) is 2.50. The lowest BCUT2D eigenvalue weighted by Gasteiger charge is -2.05. The normalized spacial score (nSPS) is 17.1. The van der Waals surface area contributed by atoms with Crippen LogP contribution in [0.15, 0.2) is 0 Å². The molecule has 1 heterocycles. The predicted octanol–water partition coefficient (Wildman–Crippen LogP) is 0.793. The Hall–Kier alpha value is 0.0569. The van der Waals surface area contributed by atoms with E-state index < -0.39 is 9.53 Å². The summed E-state index contributed by atoms with van der Waals surface area (Å²) in [6.07, 6.45) is 5.65. The first-order valence-corrected chi connectivity index (χ1v) is 6.55. The first-order chi connectivity index (χ1) is 6.85. The zero-order valence-corrected chi connectivity index (χ0v) is 10.7. The van der Waals surface area contributed by atoms with Crippen LogP contribution >= 0.6 is 0 Å². The van der Waals surface area contributed by atoms with E-state index in [9.17, 15) is 0 Å². The fourth-order valence-electron chi connectivity index (χ4n) is 1.27. The van der Waals surface area contributed by atoms with E-state index in [0.717, 1.165) is 0 Å². The molecule has 5 heteroatoms. The van der Waals surface area contributed by atoms with E-state index in [2.05, 4.69) is 5.32 Å². The van der Waals surface area contributed by atoms with E-state index >= 15 is 0 Å². The Labute approximate surface area is 88.9 Å². The average Bonchev–Trinajstić information content (AvgIpc) is 2.53. The second-order valence-corrected chi connectivity index (χ2v) is 5.15. The van der Waals surface area contributed by atoms with Gasteiger partial charge in [0.1, 0.15) is 0 Å². The van der Waals surface area contributed by atoms with E-state index in [1.807, 2.05) is 0 Å². The Balaban J connectivity index is 0.000000241. The molecule has 0 atom stereocenters. The van der Waals surface area contributed by atoms with Crippen molar-refractivity contribution < 1.29 is 13.3 Å². The van der Waals surface area contributed by atoms with Crippen molar-refractivity contribution >= 4 is 9.53 Å². The Bertz CT molecular complexity index is 87.1. The van der Waals surface area contributed by atoms with E-state index in [1.165, 1.54) is 38.8 Å². The molecular formula is C9H23NO3Si. The summed E-state index contributed by atoms with van der Waals surface area (Å²) in [6, 6.07) is 0. The summed E-state index contributed by atoms with van der Waals surface area (Å²) in [5.41, 5.74) is 0. The molecule has 0 aliphatic carbocycles. The van der Waals surface area contributed by atoms with Crippen molar-refractivity contribution in [2.24, 2.45) is 0 Å². The molecule has 0 aromatic heterocycles. The minimum absolute atomic E-state index is 1.25. The van der Waals surface area contributed by atoms with Crippen LogP contribution in [0.3, 0.4) is 0 Å². The van der Waals surface area contributed by atoms with Crippen molar-refractivity contribution in [3.8, 4) is 0 Å². The van der Waals surface area contributed by atoms with Crippen molar-refractivity contribution in [1.29, 1.82) is 0 Å². The SMILES string of the molecule is C1CCCNCC1.CO[SiH](OC)OC. The summed E-state index contributed by atoms with van der Waals surface area (Å²) >= 11 is 0. The highest BCUT2D eigenvalue weighted by atomic mass is 28.3. The van der Waals surface area contributed by atoms with E-state index in [0.29, 0.717) is 0 Å². The lowest BCUT2D eigenvalue weighted by Crippen LogP contribution is -2.21.